The lowest BCUT2D eigenvalue weighted by Gasteiger charge is -2.29. The van der Waals surface area contributed by atoms with Gasteiger partial charge in [0.1, 0.15) is 0 Å². The maximum absolute atomic E-state index is 12.7. The summed E-state index contributed by atoms with van der Waals surface area (Å²) < 4.78 is 20.5. The van der Waals surface area contributed by atoms with E-state index in [4.69, 9.17) is 29.2 Å². The Morgan fingerprint density at radius 1 is 0.675 bits per heavy atom. The lowest BCUT2D eigenvalue weighted by atomic mass is 9.95. The highest BCUT2D eigenvalue weighted by molar-refractivity contribution is 6.01. The van der Waals surface area contributed by atoms with Gasteiger partial charge in [-0.15, -0.1) is 0 Å². The van der Waals surface area contributed by atoms with Gasteiger partial charge in [-0.3, -0.25) is 14.4 Å². The molecule has 1 rings (SSSR count). The zero-order valence-corrected chi connectivity index (χ0v) is 23.6. The second-order valence-corrected chi connectivity index (χ2v) is 8.73. The second-order valence-electron chi connectivity index (χ2n) is 8.73. The van der Waals surface area contributed by atoms with Crippen LogP contribution in [0.15, 0.2) is 24.3 Å². The molecule has 0 spiro atoms. The maximum Gasteiger partial charge on any atom is 0.351 e. The molecule has 0 fully saturated rings. The van der Waals surface area contributed by atoms with Crippen LogP contribution in [-0.4, -0.2) is 71.5 Å². The third kappa shape index (κ3) is 14.3. The minimum atomic E-state index is -2.09. The van der Waals surface area contributed by atoms with E-state index in [1.165, 1.54) is 24.3 Å². The average Bonchev–Trinajstić information content (AvgIpc) is 2.88. The summed E-state index contributed by atoms with van der Waals surface area (Å²) in [7, 11) is 0. The molecule has 1 aromatic carbocycles. The predicted molar refractivity (Wildman–Crippen MR) is 142 cm³/mol. The quantitative estimate of drug-likeness (QED) is 0.156. The van der Waals surface area contributed by atoms with Gasteiger partial charge in [0.2, 0.25) is 5.60 Å². The van der Waals surface area contributed by atoms with E-state index < -0.39 is 54.3 Å². The Labute approximate surface area is 233 Å². The van der Waals surface area contributed by atoms with Crippen LogP contribution in [0.1, 0.15) is 99.8 Å². The Bertz CT molecular complexity index is 928. The van der Waals surface area contributed by atoms with Crippen molar-refractivity contribution in [1.82, 2.24) is 0 Å². The number of rotatable bonds is 17. The summed E-state index contributed by atoms with van der Waals surface area (Å²) in [6, 6.07) is 5.48. The molecule has 0 unspecified atom stereocenters. The normalized spacial score (nSPS) is 10.4. The van der Waals surface area contributed by atoms with Crippen LogP contribution in [0.3, 0.4) is 0 Å². The van der Waals surface area contributed by atoms with Crippen LogP contribution >= 0.6 is 0 Å². The molecule has 0 heterocycles. The van der Waals surface area contributed by atoms with Crippen molar-refractivity contribution >= 4 is 35.8 Å². The van der Waals surface area contributed by atoms with Crippen molar-refractivity contribution in [2.45, 2.75) is 84.7 Å². The summed E-state index contributed by atoms with van der Waals surface area (Å²) in [5.41, 5.74) is -2.47. The fraction of sp³-hybridized carbons (Fsp3) is 0.571. The number of benzene rings is 1. The van der Waals surface area contributed by atoms with Crippen LogP contribution in [0, 0.1) is 0 Å². The van der Waals surface area contributed by atoms with E-state index >= 15 is 0 Å². The van der Waals surface area contributed by atoms with Crippen LogP contribution in [0.4, 0.5) is 0 Å². The SMILES string of the molecule is CCCCOC(=O)CC(CC(=O)OCCCC)(OC(C)=O)C(=O)OCCCC.O=C(O)c1ccccc1C(=O)O. The van der Waals surface area contributed by atoms with Crippen LogP contribution in [-0.2, 0) is 38.1 Å². The van der Waals surface area contributed by atoms with E-state index in [0.717, 1.165) is 26.2 Å². The molecule has 0 saturated heterocycles. The van der Waals surface area contributed by atoms with Gasteiger partial charge in [-0.25, -0.2) is 14.4 Å². The molecular formula is C28H40O12. The van der Waals surface area contributed by atoms with Crippen molar-refractivity contribution in [2.24, 2.45) is 0 Å². The molecule has 0 aliphatic rings. The minimum Gasteiger partial charge on any atom is -0.478 e. The van der Waals surface area contributed by atoms with E-state index in [-0.39, 0.29) is 30.9 Å². The molecule has 0 aromatic heterocycles. The molecule has 40 heavy (non-hydrogen) atoms. The van der Waals surface area contributed by atoms with Gasteiger partial charge in [0.25, 0.3) is 0 Å². The Hall–Kier alpha value is -3.96. The third-order valence-corrected chi connectivity index (χ3v) is 5.21. The molecule has 0 aliphatic carbocycles. The van der Waals surface area contributed by atoms with Gasteiger partial charge in [0.05, 0.1) is 43.8 Å². The molecule has 1 aromatic rings. The van der Waals surface area contributed by atoms with Gasteiger partial charge in [-0.05, 0) is 31.4 Å². The first-order valence-electron chi connectivity index (χ1n) is 13.2. The molecule has 0 radical (unpaired) electrons. The number of carbonyl (C=O) groups excluding carboxylic acids is 4. The van der Waals surface area contributed by atoms with Gasteiger partial charge in [-0.2, -0.15) is 0 Å². The van der Waals surface area contributed by atoms with E-state index in [1.54, 1.807) is 0 Å². The number of aromatic carboxylic acids is 2. The second kappa shape index (κ2) is 20.0. The van der Waals surface area contributed by atoms with Crippen molar-refractivity contribution in [3.05, 3.63) is 35.4 Å². The number of carbonyl (C=O) groups is 6. The summed E-state index contributed by atoms with van der Waals surface area (Å²) >= 11 is 0. The monoisotopic (exact) mass is 568 g/mol. The Morgan fingerprint density at radius 3 is 1.38 bits per heavy atom. The molecule has 0 aliphatic heterocycles. The number of carboxylic acid groups (broad SMARTS) is 2. The first-order valence-corrected chi connectivity index (χ1v) is 13.2. The highest BCUT2D eigenvalue weighted by atomic mass is 16.6. The Morgan fingerprint density at radius 2 is 1.05 bits per heavy atom. The number of ether oxygens (including phenoxy) is 4. The van der Waals surface area contributed by atoms with E-state index in [2.05, 4.69) is 0 Å². The number of esters is 4. The van der Waals surface area contributed by atoms with Crippen LogP contribution < -0.4 is 0 Å². The Balaban J connectivity index is 0.00000104. The number of hydrogen-bond donors (Lipinski definition) is 2. The van der Waals surface area contributed by atoms with Crippen molar-refractivity contribution in [3.8, 4) is 0 Å². The fourth-order valence-corrected chi connectivity index (χ4v) is 3.12. The molecule has 0 amide bonds. The largest absolute Gasteiger partial charge is 0.478 e. The van der Waals surface area contributed by atoms with E-state index in [1.807, 2.05) is 20.8 Å². The first kappa shape index (κ1) is 36.0. The molecule has 0 bridgehead atoms. The number of hydrogen-bond acceptors (Lipinski definition) is 10. The summed E-state index contributed by atoms with van der Waals surface area (Å²) in [5, 5.41) is 17.1. The topological polar surface area (TPSA) is 180 Å². The summed E-state index contributed by atoms with van der Waals surface area (Å²) in [6.45, 7) is 7.34. The molecule has 0 atom stereocenters. The maximum atomic E-state index is 12.7. The van der Waals surface area contributed by atoms with Crippen molar-refractivity contribution in [2.75, 3.05) is 19.8 Å². The lowest BCUT2D eigenvalue weighted by molar-refractivity contribution is -0.190. The standard InChI is InChI=1S/C20H34O8.C8H6O4/c1-5-8-11-25-17(22)14-20(28-16(4)21,19(24)27-13-10-7-3)15-18(23)26-12-9-6-2;9-7(10)5-3-1-2-4-6(5)8(11)12/h5-15H2,1-4H3;1-4H,(H,9,10)(H,11,12). The zero-order valence-electron chi connectivity index (χ0n) is 23.6. The molecule has 12 nitrogen and oxygen atoms in total. The Kier molecular flexibility index (Phi) is 18.0. The smallest absolute Gasteiger partial charge is 0.351 e. The highest BCUT2D eigenvalue weighted by Gasteiger charge is 2.48. The van der Waals surface area contributed by atoms with Crippen LogP contribution in [0.2, 0.25) is 0 Å². The van der Waals surface area contributed by atoms with Crippen molar-refractivity contribution < 1.29 is 57.9 Å². The molecular weight excluding hydrogens is 528 g/mol. The van der Waals surface area contributed by atoms with Gasteiger partial charge in [-0.1, -0.05) is 52.2 Å². The van der Waals surface area contributed by atoms with Gasteiger partial charge in [0, 0.05) is 6.92 Å². The average molecular weight is 569 g/mol. The van der Waals surface area contributed by atoms with Crippen molar-refractivity contribution in [3.63, 3.8) is 0 Å². The summed E-state index contributed by atoms with van der Waals surface area (Å²) in [4.78, 5) is 69.7. The van der Waals surface area contributed by atoms with Gasteiger partial charge in [0.15, 0.2) is 0 Å². The van der Waals surface area contributed by atoms with Gasteiger partial charge < -0.3 is 29.2 Å². The molecule has 0 saturated carbocycles. The summed E-state index contributed by atoms with van der Waals surface area (Å²) in [5.74, 6) is -5.71. The molecule has 2 N–H and O–H groups in total. The van der Waals surface area contributed by atoms with E-state index in [9.17, 15) is 28.8 Å². The number of unbranched alkanes of at least 4 members (excludes halogenated alkanes) is 3. The van der Waals surface area contributed by atoms with Crippen molar-refractivity contribution in [1.29, 1.82) is 0 Å². The summed E-state index contributed by atoms with van der Waals surface area (Å²) in [6.07, 6.45) is 3.14. The first-order chi connectivity index (χ1) is 18.9. The highest BCUT2D eigenvalue weighted by Crippen LogP contribution is 2.26. The molecule has 224 valence electrons. The fourth-order valence-electron chi connectivity index (χ4n) is 3.12. The predicted octanol–water partition coefficient (Wildman–Crippen LogP) is 4.18. The minimum absolute atomic E-state index is 0.0914. The zero-order chi connectivity index (χ0) is 30.6. The molecule has 12 heteroatoms. The number of carboxylic acids is 2. The lowest BCUT2D eigenvalue weighted by Crippen LogP contribution is -2.48. The van der Waals surface area contributed by atoms with E-state index in [0.29, 0.717) is 19.3 Å². The van der Waals surface area contributed by atoms with Gasteiger partial charge >= 0.3 is 35.8 Å². The van der Waals surface area contributed by atoms with Crippen LogP contribution in [0.5, 0.6) is 0 Å². The van der Waals surface area contributed by atoms with Crippen LogP contribution in [0.25, 0.3) is 0 Å². The third-order valence-electron chi connectivity index (χ3n) is 5.21.